The number of anilines is 1. The van der Waals surface area contributed by atoms with Gasteiger partial charge in [0, 0.05) is 12.1 Å². The van der Waals surface area contributed by atoms with Crippen molar-refractivity contribution in [3.63, 3.8) is 0 Å². The van der Waals surface area contributed by atoms with Gasteiger partial charge >= 0.3 is 0 Å². The number of ether oxygens (including phenoxy) is 1. The third-order valence-corrected chi connectivity index (χ3v) is 2.69. The van der Waals surface area contributed by atoms with E-state index in [-0.39, 0.29) is 5.56 Å². The third-order valence-electron chi connectivity index (χ3n) is 2.69. The summed E-state index contributed by atoms with van der Waals surface area (Å²) in [5.41, 5.74) is 5.81. The molecule has 0 aliphatic carbocycles. The topological polar surface area (TPSA) is 64.3 Å². The molecule has 3 N–H and O–H groups in total. The van der Waals surface area contributed by atoms with E-state index in [0.717, 1.165) is 12.1 Å². The lowest BCUT2D eigenvalue weighted by Crippen LogP contribution is -2.15. The first kappa shape index (κ1) is 14.9. The Hall–Kier alpha value is -2.47. The lowest BCUT2D eigenvalue weighted by atomic mass is 10.2. The van der Waals surface area contributed by atoms with Crippen molar-refractivity contribution in [2.75, 3.05) is 18.5 Å². The molecule has 110 valence electrons. The summed E-state index contributed by atoms with van der Waals surface area (Å²) in [5, 5.41) is 2.59. The Bertz CT molecular complexity index is 647. The summed E-state index contributed by atoms with van der Waals surface area (Å²) in [4.78, 5) is 12.0. The smallest absolute Gasteiger partial charge is 0.255 e. The molecule has 0 heterocycles. The molecule has 0 radical (unpaired) electrons. The maximum absolute atomic E-state index is 13.1. The van der Waals surface area contributed by atoms with Crippen molar-refractivity contribution < 1.29 is 18.3 Å². The Balaban J connectivity index is 2.17. The molecule has 4 nitrogen and oxygen atoms in total. The molecule has 2 rings (SSSR count). The molecular weight excluding hydrogens is 278 g/mol. The minimum Gasteiger partial charge on any atom is -0.490 e. The maximum Gasteiger partial charge on any atom is 0.255 e. The molecule has 21 heavy (non-hydrogen) atoms. The van der Waals surface area contributed by atoms with E-state index in [1.54, 1.807) is 24.3 Å². The Labute approximate surface area is 120 Å². The van der Waals surface area contributed by atoms with Gasteiger partial charge in [-0.25, -0.2) is 8.78 Å². The van der Waals surface area contributed by atoms with Crippen LogP contribution in [-0.2, 0) is 0 Å². The Morgan fingerprint density at radius 1 is 1.14 bits per heavy atom. The van der Waals surface area contributed by atoms with Gasteiger partial charge in [-0.2, -0.15) is 0 Å². The Morgan fingerprint density at radius 2 is 1.90 bits per heavy atom. The second kappa shape index (κ2) is 6.81. The summed E-state index contributed by atoms with van der Waals surface area (Å²) < 4.78 is 31.4. The van der Waals surface area contributed by atoms with Gasteiger partial charge in [-0.3, -0.25) is 4.79 Å². The zero-order valence-electron chi connectivity index (χ0n) is 11.1. The molecule has 6 heteroatoms. The van der Waals surface area contributed by atoms with Crippen LogP contribution in [0.3, 0.4) is 0 Å². The van der Waals surface area contributed by atoms with Crippen LogP contribution in [0, 0.1) is 11.6 Å². The van der Waals surface area contributed by atoms with Gasteiger partial charge in [0.25, 0.3) is 5.91 Å². The number of halogens is 2. The lowest BCUT2D eigenvalue weighted by Gasteiger charge is -2.12. The predicted octanol–water partition coefficient (Wildman–Crippen LogP) is 2.55. The average Bonchev–Trinajstić information content (AvgIpc) is 2.49. The fourth-order valence-electron chi connectivity index (χ4n) is 1.70. The van der Waals surface area contributed by atoms with Gasteiger partial charge in [-0.15, -0.1) is 0 Å². The predicted molar refractivity (Wildman–Crippen MR) is 75.3 cm³/mol. The third kappa shape index (κ3) is 3.76. The monoisotopic (exact) mass is 292 g/mol. The molecule has 0 aromatic heterocycles. The largest absolute Gasteiger partial charge is 0.490 e. The van der Waals surface area contributed by atoms with Crippen LogP contribution in [0.4, 0.5) is 14.5 Å². The summed E-state index contributed by atoms with van der Waals surface area (Å²) in [6.45, 7) is 0.642. The molecular formula is C15H14F2N2O2. The lowest BCUT2D eigenvalue weighted by molar-refractivity contribution is 0.102. The molecule has 0 fully saturated rings. The number of carbonyl (C=O) groups is 1. The fourth-order valence-corrected chi connectivity index (χ4v) is 1.70. The number of hydrogen-bond acceptors (Lipinski definition) is 3. The molecule has 0 bridgehead atoms. The van der Waals surface area contributed by atoms with Crippen LogP contribution in [0.25, 0.3) is 0 Å². The number of carbonyl (C=O) groups excluding carboxylic acids is 1. The number of rotatable bonds is 5. The van der Waals surface area contributed by atoms with Crippen molar-refractivity contribution in [2.24, 2.45) is 5.73 Å². The number of para-hydroxylation sites is 2. The Kier molecular flexibility index (Phi) is 4.84. The molecule has 2 aromatic rings. The van der Waals surface area contributed by atoms with Crippen LogP contribution in [0.15, 0.2) is 42.5 Å². The van der Waals surface area contributed by atoms with E-state index in [1.807, 2.05) is 0 Å². The Morgan fingerprint density at radius 3 is 2.62 bits per heavy atom. The van der Waals surface area contributed by atoms with E-state index >= 15 is 0 Å². The summed E-state index contributed by atoms with van der Waals surface area (Å²) in [6.07, 6.45) is 0. The first-order valence-corrected chi connectivity index (χ1v) is 6.30. The molecule has 0 aliphatic heterocycles. The first-order chi connectivity index (χ1) is 10.1. The zero-order valence-corrected chi connectivity index (χ0v) is 11.1. The van der Waals surface area contributed by atoms with Crippen molar-refractivity contribution in [1.82, 2.24) is 0 Å². The van der Waals surface area contributed by atoms with Crippen LogP contribution in [0.1, 0.15) is 10.4 Å². The van der Waals surface area contributed by atoms with Crippen LogP contribution in [0.5, 0.6) is 5.75 Å². The first-order valence-electron chi connectivity index (χ1n) is 6.30. The van der Waals surface area contributed by atoms with E-state index < -0.39 is 17.5 Å². The van der Waals surface area contributed by atoms with E-state index in [1.165, 1.54) is 6.07 Å². The van der Waals surface area contributed by atoms with Gasteiger partial charge in [0.1, 0.15) is 12.4 Å². The van der Waals surface area contributed by atoms with Crippen molar-refractivity contribution in [3.05, 3.63) is 59.7 Å². The summed E-state index contributed by atoms with van der Waals surface area (Å²) >= 11 is 0. The SMILES string of the molecule is NCCOc1ccccc1NC(=O)c1ccc(F)c(F)c1. The van der Waals surface area contributed by atoms with Gasteiger partial charge in [0.05, 0.1) is 5.69 Å². The summed E-state index contributed by atoms with van der Waals surface area (Å²) in [7, 11) is 0. The normalized spacial score (nSPS) is 10.2. The second-order valence-corrected chi connectivity index (χ2v) is 4.22. The van der Waals surface area contributed by atoms with E-state index in [4.69, 9.17) is 10.5 Å². The highest BCUT2D eigenvalue weighted by Crippen LogP contribution is 2.24. The van der Waals surface area contributed by atoms with Gasteiger partial charge in [-0.05, 0) is 30.3 Å². The zero-order chi connectivity index (χ0) is 15.2. The van der Waals surface area contributed by atoms with Crippen LogP contribution < -0.4 is 15.8 Å². The van der Waals surface area contributed by atoms with Gasteiger partial charge in [0.15, 0.2) is 11.6 Å². The van der Waals surface area contributed by atoms with Gasteiger partial charge in [-0.1, -0.05) is 12.1 Å². The number of nitrogens with two attached hydrogens (primary N) is 1. The van der Waals surface area contributed by atoms with Crippen LogP contribution in [-0.4, -0.2) is 19.1 Å². The van der Waals surface area contributed by atoms with Gasteiger partial charge in [0.2, 0.25) is 0 Å². The number of nitrogens with one attached hydrogen (secondary N) is 1. The van der Waals surface area contributed by atoms with E-state index in [9.17, 15) is 13.6 Å². The molecule has 0 saturated heterocycles. The number of amides is 1. The van der Waals surface area contributed by atoms with E-state index in [2.05, 4.69) is 5.32 Å². The molecule has 0 atom stereocenters. The van der Waals surface area contributed by atoms with Crippen molar-refractivity contribution in [2.45, 2.75) is 0 Å². The number of hydrogen-bond donors (Lipinski definition) is 2. The second-order valence-electron chi connectivity index (χ2n) is 4.22. The van der Waals surface area contributed by atoms with Gasteiger partial charge < -0.3 is 15.8 Å². The van der Waals surface area contributed by atoms with Crippen molar-refractivity contribution >= 4 is 11.6 Å². The highest BCUT2D eigenvalue weighted by Gasteiger charge is 2.12. The summed E-state index contributed by atoms with van der Waals surface area (Å²) in [5.74, 6) is -2.18. The molecule has 1 amide bonds. The van der Waals surface area contributed by atoms with Crippen LogP contribution in [0.2, 0.25) is 0 Å². The van der Waals surface area contributed by atoms with Crippen LogP contribution >= 0.6 is 0 Å². The average molecular weight is 292 g/mol. The summed E-state index contributed by atoms with van der Waals surface area (Å²) in [6, 6.07) is 9.74. The highest BCUT2D eigenvalue weighted by molar-refractivity contribution is 6.05. The minimum absolute atomic E-state index is 0.0162. The quantitative estimate of drug-likeness (QED) is 0.890. The molecule has 2 aromatic carbocycles. The maximum atomic E-state index is 13.1. The molecule has 0 spiro atoms. The standard InChI is InChI=1S/C15H14F2N2O2/c16-11-6-5-10(9-12(11)17)15(20)19-13-3-1-2-4-14(13)21-8-7-18/h1-6,9H,7-8,18H2,(H,19,20). The minimum atomic E-state index is -1.07. The van der Waals surface area contributed by atoms with Crippen molar-refractivity contribution in [1.29, 1.82) is 0 Å². The number of benzene rings is 2. The molecule has 0 unspecified atom stereocenters. The molecule has 0 saturated carbocycles. The van der Waals surface area contributed by atoms with Crippen molar-refractivity contribution in [3.8, 4) is 5.75 Å². The fraction of sp³-hybridized carbons (Fsp3) is 0.133. The van der Waals surface area contributed by atoms with E-state index in [0.29, 0.717) is 24.6 Å². The molecule has 0 aliphatic rings. The highest BCUT2D eigenvalue weighted by atomic mass is 19.2.